The Morgan fingerprint density at radius 3 is 2.59 bits per heavy atom. The number of ether oxygens (including phenoxy) is 1. The molecule has 0 spiro atoms. The molecule has 0 radical (unpaired) electrons. The Morgan fingerprint density at radius 1 is 1.11 bits per heavy atom. The van der Waals surface area contributed by atoms with E-state index in [-0.39, 0.29) is 12.3 Å². The third-order valence-electron chi connectivity index (χ3n) is 3.84. The number of hydrogen-bond acceptors (Lipinski definition) is 5. The van der Waals surface area contributed by atoms with Gasteiger partial charge < -0.3 is 14.5 Å². The Morgan fingerprint density at radius 2 is 1.85 bits per heavy atom. The molecule has 1 N–H and O–H groups in total. The summed E-state index contributed by atoms with van der Waals surface area (Å²) >= 11 is 5.81. The molecule has 3 aromatic rings. The average molecular weight is 386 g/mol. The molecule has 0 fully saturated rings. The van der Waals surface area contributed by atoms with Gasteiger partial charge >= 0.3 is 0 Å². The highest BCUT2D eigenvalue weighted by Gasteiger charge is 2.10. The molecule has 0 bridgehead atoms. The van der Waals surface area contributed by atoms with Gasteiger partial charge in [0.1, 0.15) is 12.4 Å². The second kappa shape index (κ2) is 9.19. The van der Waals surface area contributed by atoms with E-state index in [4.69, 9.17) is 20.8 Å². The van der Waals surface area contributed by atoms with E-state index >= 15 is 0 Å². The molecule has 1 amide bonds. The van der Waals surface area contributed by atoms with Crippen molar-refractivity contribution in [2.24, 2.45) is 0 Å². The van der Waals surface area contributed by atoms with Gasteiger partial charge in [-0.05, 0) is 43.3 Å². The van der Waals surface area contributed by atoms with Crippen LogP contribution in [0.1, 0.15) is 17.9 Å². The maximum Gasteiger partial charge on any atom is 0.247 e. The topological polar surface area (TPSA) is 77.2 Å². The van der Waals surface area contributed by atoms with Crippen LogP contribution in [0.4, 0.5) is 0 Å². The Bertz CT molecular complexity index is 876. The lowest BCUT2D eigenvalue weighted by molar-refractivity contribution is -0.121. The smallest absolute Gasteiger partial charge is 0.247 e. The summed E-state index contributed by atoms with van der Waals surface area (Å²) in [5, 5.41) is 11.5. The van der Waals surface area contributed by atoms with Crippen molar-refractivity contribution < 1.29 is 13.9 Å². The van der Waals surface area contributed by atoms with Gasteiger partial charge in [-0.25, -0.2) is 0 Å². The van der Waals surface area contributed by atoms with Gasteiger partial charge in [-0.2, -0.15) is 0 Å². The van der Waals surface area contributed by atoms with Crippen LogP contribution in [0.25, 0.3) is 11.5 Å². The average Bonchev–Trinajstić information content (AvgIpc) is 3.14. The second-order valence-corrected chi connectivity index (χ2v) is 6.46. The SMILES string of the molecule is Cc1ccc(-c2nnc(CCC(=O)NCCOc3ccc(Cl)cc3)o2)cc1. The second-order valence-electron chi connectivity index (χ2n) is 6.02. The number of aryl methyl sites for hydroxylation is 2. The first-order chi connectivity index (χ1) is 13.1. The van der Waals surface area contributed by atoms with E-state index in [1.165, 1.54) is 0 Å². The van der Waals surface area contributed by atoms with Crippen molar-refractivity contribution in [3.63, 3.8) is 0 Å². The highest BCUT2D eigenvalue weighted by atomic mass is 35.5. The minimum absolute atomic E-state index is 0.0928. The lowest BCUT2D eigenvalue weighted by Crippen LogP contribution is -2.28. The van der Waals surface area contributed by atoms with E-state index in [1.807, 2.05) is 31.2 Å². The van der Waals surface area contributed by atoms with Crippen molar-refractivity contribution in [2.75, 3.05) is 13.2 Å². The van der Waals surface area contributed by atoms with Gasteiger partial charge in [0.25, 0.3) is 0 Å². The van der Waals surface area contributed by atoms with Crippen LogP contribution in [0.15, 0.2) is 52.9 Å². The zero-order valence-corrected chi connectivity index (χ0v) is 15.7. The zero-order chi connectivity index (χ0) is 19.1. The number of halogens is 1. The fraction of sp³-hybridized carbons (Fsp3) is 0.250. The molecule has 3 rings (SSSR count). The van der Waals surface area contributed by atoms with E-state index < -0.39 is 0 Å². The predicted molar refractivity (Wildman–Crippen MR) is 103 cm³/mol. The Labute approximate surface area is 162 Å². The molecule has 0 atom stereocenters. The molecule has 0 saturated heterocycles. The third-order valence-corrected chi connectivity index (χ3v) is 4.09. The summed E-state index contributed by atoms with van der Waals surface area (Å²) in [5.41, 5.74) is 2.03. The van der Waals surface area contributed by atoms with Crippen LogP contribution in [-0.4, -0.2) is 29.3 Å². The molecular formula is C20H20ClN3O3. The summed E-state index contributed by atoms with van der Waals surface area (Å²) in [6.07, 6.45) is 0.666. The molecule has 1 heterocycles. The van der Waals surface area contributed by atoms with E-state index in [0.717, 1.165) is 11.1 Å². The van der Waals surface area contributed by atoms with Gasteiger partial charge in [-0.15, -0.1) is 10.2 Å². The van der Waals surface area contributed by atoms with Crippen molar-refractivity contribution in [1.82, 2.24) is 15.5 Å². The van der Waals surface area contributed by atoms with Gasteiger partial charge in [-0.3, -0.25) is 4.79 Å². The quantitative estimate of drug-likeness (QED) is 0.596. The Kier molecular flexibility index (Phi) is 6.44. The van der Waals surface area contributed by atoms with Crippen molar-refractivity contribution in [2.45, 2.75) is 19.8 Å². The van der Waals surface area contributed by atoms with Crippen LogP contribution >= 0.6 is 11.6 Å². The summed E-state index contributed by atoms with van der Waals surface area (Å²) in [6, 6.07) is 14.9. The molecule has 0 saturated carbocycles. The fourth-order valence-corrected chi connectivity index (χ4v) is 2.49. The number of carbonyl (C=O) groups is 1. The van der Waals surface area contributed by atoms with Crippen LogP contribution in [0, 0.1) is 6.92 Å². The van der Waals surface area contributed by atoms with Crippen molar-refractivity contribution in [3.05, 3.63) is 65.0 Å². The molecule has 0 aliphatic rings. The molecule has 0 aliphatic carbocycles. The Hall–Kier alpha value is -2.86. The molecule has 6 nitrogen and oxygen atoms in total. The molecule has 140 valence electrons. The Balaban J connectivity index is 1.38. The van der Waals surface area contributed by atoms with E-state index in [2.05, 4.69) is 15.5 Å². The normalized spacial score (nSPS) is 10.6. The minimum atomic E-state index is -0.0928. The van der Waals surface area contributed by atoms with Crippen LogP contribution in [-0.2, 0) is 11.2 Å². The fourth-order valence-electron chi connectivity index (χ4n) is 2.37. The van der Waals surface area contributed by atoms with E-state index in [0.29, 0.717) is 42.1 Å². The van der Waals surface area contributed by atoms with Gasteiger partial charge in [0.05, 0.1) is 6.54 Å². The standard InChI is InChI=1S/C20H20ClN3O3/c1-14-2-4-15(5-3-14)20-24-23-19(27-20)11-10-18(25)22-12-13-26-17-8-6-16(21)7-9-17/h2-9H,10-13H2,1H3,(H,22,25). The van der Waals surface area contributed by atoms with Crippen LogP contribution in [0.2, 0.25) is 5.02 Å². The lowest BCUT2D eigenvalue weighted by Gasteiger charge is -2.07. The molecule has 0 aliphatic heterocycles. The number of amides is 1. The number of hydrogen-bond donors (Lipinski definition) is 1. The molecular weight excluding hydrogens is 366 g/mol. The monoisotopic (exact) mass is 385 g/mol. The maximum atomic E-state index is 11.9. The van der Waals surface area contributed by atoms with E-state index in [1.54, 1.807) is 24.3 Å². The first-order valence-corrected chi connectivity index (χ1v) is 9.02. The molecule has 2 aromatic carbocycles. The van der Waals surface area contributed by atoms with Crippen LogP contribution in [0.3, 0.4) is 0 Å². The highest BCUT2D eigenvalue weighted by Crippen LogP contribution is 2.18. The highest BCUT2D eigenvalue weighted by molar-refractivity contribution is 6.30. The summed E-state index contributed by atoms with van der Waals surface area (Å²) < 4.78 is 11.1. The number of nitrogens with zero attached hydrogens (tertiary/aromatic N) is 2. The van der Waals surface area contributed by atoms with Gasteiger partial charge in [0, 0.05) is 23.4 Å². The minimum Gasteiger partial charge on any atom is -0.492 e. The molecule has 27 heavy (non-hydrogen) atoms. The zero-order valence-electron chi connectivity index (χ0n) is 14.9. The maximum absolute atomic E-state index is 11.9. The van der Waals surface area contributed by atoms with Gasteiger partial charge in [0.15, 0.2) is 0 Å². The summed E-state index contributed by atoms with van der Waals surface area (Å²) in [4.78, 5) is 11.9. The molecule has 1 aromatic heterocycles. The van der Waals surface area contributed by atoms with Crippen molar-refractivity contribution >= 4 is 17.5 Å². The van der Waals surface area contributed by atoms with E-state index in [9.17, 15) is 4.79 Å². The third kappa shape index (κ3) is 5.82. The van der Waals surface area contributed by atoms with Crippen molar-refractivity contribution in [1.29, 1.82) is 0 Å². The first-order valence-electron chi connectivity index (χ1n) is 8.64. The lowest BCUT2D eigenvalue weighted by atomic mass is 10.1. The summed E-state index contributed by atoms with van der Waals surface area (Å²) in [6.45, 7) is 2.81. The number of rotatable bonds is 8. The van der Waals surface area contributed by atoms with Crippen LogP contribution in [0.5, 0.6) is 5.75 Å². The number of aromatic nitrogens is 2. The van der Waals surface area contributed by atoms with Crippen LogP contribution < -0.4 is 10.1 Å². The number of carbonyl (C=O) groups excluding carboxylic acids is 1. The summed E-state index contributed by atoms with van der Waals surface area (Å²) in [7, 11) is 0. The largest absolute Gasteiger partial charge is 0.492 e. The molecule has 7 heteroatoms. The number of benzene rings is 2. The molecule has 0 unspecified atom stereocenters. The predicted octanol–water partition coefficient (Wildman–Crippen LogP) is 3.83. The van der Waals surface area contributed by atoms with Gasteiger partial charge in [-0.1, -0.05) is 29.3 Å². The number of nitrogens with one attached hydrogen (secondary N) is 1. The van der Waals surface area contributed by atoms with Crippen molar-refractivity contribution in [3.8, 4) is 17.2 Å². The van der Waals surface area contributed by atoms with Gasteiger partial charge in [0.2, 0.25) is 17.7 Å². The first kappa shape index (κ1) is 18.9. The summed E-state index contributed by atoms with van der Waals surface area (Å²) in [5.74, 6) is 1.52.